The first-order chi connectivity index (χ1) is 4.97. The Balaban J connectivity index is 1.85. The van der Waals surface area contributed by atoms with Gasteiger partial charge in [-0.3, -0.25) is 0 Å². The van der Waals surface area contributed by atoms with Crippen LogP contribution in [0.15, 0.2) is 0 Å². The Labute approximate surface area is 61.9 Å². The maximum atomic E-state index is 5.12. The molecule has 1 saturated carbocycles. The number of hydrogen-bond donors (Lipinski definition) is 1. The molecule has 1 aliphatic heterocycles. The lowest BCUT2D eigenvalue weighted by Crippen LogP contribution is -2.27. The van der Waals surface area contributed by atoms with Gasteiger partial charge < -0.3 is 4.84 Å². The van der Waals surface area contributed by atoms with Crippen LogP contribution in [0.1, 0.15) is 32.1 Å². The largest absolute Gasteiger partial charge is 0.301 e. The fourth-order valence-electron chi connectivity index (χ4n) is 2.10. The van der Waals surface area contributed by atoms with E-state index in [4.69, 9.17) is 4.84 Å². The number of rotatable bonds is 1. The summed E-state index contributed by atoms with van der Waals surface area (Å²) in [5, 5.41) is 0. The second-order valence-corrected chi connectivity index (χ2v) is 3.41. The van der Waals surface area contributed by atoms with Gasteiger partial charge in [-0.25, -0.2) is 0 Å². The number of hydrogen-bond acceptors (Lipinski definition) is 2. The van der Waals surface area contributed by atoms with Crippen molar-refractivity contribution in [3.05, 3.63) is 0 Å². The summed E-state index contributed by atoms with van der Waals surface area (Å²) in [6.07, 6.45) is 6.93. The van der Waals surface area contributed by atoms with Gasteiger partial charge in [0.25, 0.3) is 0 Å². The first kappa shape index (κ1) is 6.62. The quantitative estimate of drug-likeness (QED) is 0.597. The molecule has 1 heterocycles. The maximum Gasteiger partial charge on any atom is 0.0698 e. The highest BCUT2D eigenvalue weighted by Gasteiger charge is 2.27. The molecule has 0 aromatic heterocycles. The lowest BCUT2D eigenvalue weighted by atomic mass is 9.97. The highest BCUT2D eigenvalue weighted by Crippen LogP contribution is 2.30. The first-order valence-corrected chi connectivity index (χ1v) is 4.34. The Bertz CT molecular complexity index is 89.8. The third-order valence-corrected chi connectivity index (χ3v) is 2.73. The van der Waals surface area contributed by atoms with E-state index in [9.17, 15) is 0 Å². The summed E-state index contributed by atoms with van der Waals surface area (Å²) < 4.78 is 0. The van der Waals surface area contributed by atoms with Crippen molar-refractivity contribution in [2.45, 2.75) is 38.1 Å². The molecule has 0 radical (unpaired) electrons. The fraction of sp³-hybridized carbons (Fsp3) is 1.00. The molecule has 10 heavy (non-hydrogen) atoms. The maximum absolute atomic E-state index is 5.12. The molecule has 2 nitrogen and oxygen atoms in total. The van der Waals surface area contributed by atoms with E-state index in [2.05, 4.69) is 5.48 Å². The van der Waals surface area contributed by atoms with Crippen molar-refractivity contribution in [2.24, 2.45) is 5.92 Å². The van der Waals surface area contributed by atoms with Gasteiger partial charge in [0.05, 0.1) is 6.61 Å². The third kappa shape index (κ3) is 1.18. The molecule has 2 rings (SSSR count). The van der Waals surface area contributed by atoms with Gasteiger partial charge in [0, 0.05) is 6.04 Å². The second-order valence-electron chi connectivity index (χ2n) is 3.41. The summed E-state index contributed by atoms with van der Waals surface area (Å²) >= 11 is 0. The Hall–Kier alpha value is -0.0800. The van der Waals surface area contributed by atoms with Crippen LogP contribution in [0.4, 0.5) is 0 Å². The number of hydroxylamine groups is 1. The fourth-order valence-corrected chi connectivity index (χ4v) is 2.10. The second kappa shape index (κ2) is 2.89. The Morgan fingerprint density at radius 3 is 2.50 bits per heavy atom. The van der Waals surface area contributed by atoms with Crippen molar-refractivity contribution in [3.8, 4) is 0 Å². The standard InChI is InChI=1S/C8H15NO/c1-2-4-7(3-1)8-5-6-10-9-8/h7-9H,1-6H2. The smallest absolute Gasteiger partial charge is 0.0698 e. The lowest BCUT2D eigenvalue weighted by molar-refractivity contribution is 0.0781. The zero-order chi connectivity index (χ0) is 6.81. The lowest BCUT2D eigenvalue weighted by Gasteiger charge is -2.15. The van der Waals surface area contributed by atoms with Crippen molar-refractivity contribution >= 4 is 0 Å². The molecular formula is C8H15NO. The van der Waals surface area contributed by atoms with Crippen LogP contribution in [0.3, 0.4) is 0 Å². The molecule has 1 saturated heterocycles. The minimum absolute atomic E-state index is 0.683. The van der Waals surface area contributed by atoms with Gasteiger partial charge in [-0.2, -0.15) is 5.48 Å². The van der Waals surface area contributed by atoms with E-state index >= 15 is 0 Å². The van der Waals surface area contributed by atoms with E-state index in [1.165, 1.54) is 32.1 Å². The summed E-state index contributed by atoms with van der Waals surface area (Å²) in [6.45, 7) is 0.918. The van der Waals surface area contributed by atoms with Crippen molar-refractivity contribution in [2.75, 3.05) is 6.61 Å². The average Bonchev–Trinajstić information content (AvgIpc) is 2.59. The van der Waals surface area contributed by atoms with E-state index in [1.54, 1.807) is 0 Å². The molecular weight excluding hydrogens is 126 g/mol. The Morgan fingerprint density at radius 1 is 1.10 bits per heavy atom. The van der Waals surface area contributed by atoms with Crippen LogP contribution >= 0.6 is 0 Å². The minimum atomic E-state index is 0.683. The van der Waals surface area contributed by atoms with Gasteiger partial charge in [0.1, 0.15) is 0 Å². The van der Waals surface area contributed by atoms with Crippen LogP contribution in [0.5, 0.6) is 0 Å². The highest BCUT2D eigenvalue weighted by atomic mass is 16.7. The molecule has 0 bridgehead atoms. The van der Waals surface area contributed by atoms with Gasteiger partial charge in [-0.1, -0.05) is 12.8 Å². The Kier molecular flexibility index (Phi) is 1.91. The van der Waals surface area contributed by atoms with Gasteiger partial charge >= 0.3 is 0 Å². The minimum Gasteiger partial charge on any atom is -0.301 e. The highest BCUT2D eigenvalue weighted by molar-refractivity contribution is 4.80. The van der Waals surface area contributed by atoms with Crippen molar-refractivity contribution in [1.82, 2.24) is 5.48 Å². The molecule has 0 aromatic rings. The van der Waals surface area contributed by atoms with Gasteiger partial charge in [-0.05, 0) is 25.2 Å². The predicted molar refractivity (Wildman–Crippen MR) is 39.5 cm³/mol. The topological polar surface area (TPSA) is 21.3 Å². The van der Waals surface area contributed by atoms with Crippen molar-refractivity contribution in [1.29, 1.82) is 0 Å². The number of nitrogens with one attached hydrogen (secondary N) is 1. The summed E-state index contributed by atoms with van der Waals surface area (Å²) in [6, 6.07) is 0.683. The molecule has 2 fully saturated rings. The predicted octanol–water partition coefficient (Wildman–Crippen LogP) is 1.47. The van der Waals surface area contributed by atoms with E-state index in [0.717, 1.165) is 12.5 Å². The van der Waals surface area contributed by atoms with Crippen LogP contribution in [0, 0.1) is 5.92 Å². The van der Waals surface area contributed by atoms with Crippen LogP contribution in [0.2, 0.25) is 0 Å². The monoisotopic (exact) mass is 141 g/mol. The van der Waals surface area contributed by atoms with Gasteiger partial charge in [0.15, 0.2) is 0 Å². The zero-order valence-corrected chi connectivity index (χ0v) is 6.31. The summed E-state index contributed by atoms with van der Waals surface area (Å²) in [5.41, 5.74) is 3.10. The molecule has 0 aromatic carbocycles. The van der Waals surface area contributed by atoms with Crippen molar-refractivity contribution in [3.63, 3.8) is 0 Å². The third-order valence-electron chi connectivity index (χ3n) is 2.73. The van der Waals surface area contributed by atoms with Crippen molar-refractivity contribution < 1.29 is 4.84 Å². The van der Waals surface area contributed by atoms with Crippen LogP contribution in [-0.4, -0.2) is 12.6 Å². The van der Waals surface area contributed by atoms with E-state index in [-0.39, 0.29) is 0 Å². The van der Waals surface area contributed by atoms with Gasteiger partial charge in [0.2, 0.25) is 0 Å². The average molecular weight is 141 g/mol. The summed E-state index contributed by atoms with van der Waals surface area (Å²) in [7, 11) is 0. The Morgan fingerprint density at radius 2 is 1.90 bits per heavy atom. The van der Waals surface area contributed by atoms with E-state index in [1.807, 2.05) is 0 Å². The molecule has 1 unspecified atom stereocenters. The molecule has 58 valence electrons. The summed E-state index contributed by atoms with van der Waals surface area (Å²) in [5.74, 6) is 0.919. The van der Waals surface area contributed by atoms with E-state index < -0.39 is 0 Å². The molecule has 2 heteroatoms. The zero-order valence-electron chi connectivity index (χ0n) is 6.31. The molecule has 1 aliphatic carbocycles. The summed E-state index contributed by atoms with van der Waals surface area (Å²) in [4.78, 5) is 5.12. The molecule has 2 aliphatic rings. The molecule has 1 atom stereocenters. The van der Waals surface area contributed by atoms with Crippen LogP contribution in [-0.2, 0) is 4.84 Å². The van der Waals surface area contributed by atoms with E-state index in [0.29, 0.717) is 6.04 Å². The first-order valence-electron chi connectivity index (χ1n) is 4.34. The normalized spacial score (nSPS) is 35.4. The van der Waals surface area contributed by atoms with Gasteiger partial charge in [-0.15, -0.1) is 0 Å². The van der Waals surface area contributed by atoms with Crippen LogP contribution in [0.25, 0.3) is 0 Å². The molecule has 0 amide bonds. The SMILES string of the molecule is C1CCC(C2CCON2)C1. The molecule has 0 spiro atoms. The molecule has 1 N–H and O–H groups in total. The van der Waals surface area contributed by atoms with Crippen LogP contribution < -0.4 is 5.48 Å².